The van der Waals surface area contributed by atoms with E-state index in [9.17, 15) is 29.1 Å². The van der Waals surface area contributed by atoms with E-state index in [2.05, 4.69) is 50.5 Å². The lowest BCUT2D eigenvalue weighted by atomic mass is 9.98. The first kappa shape index (κ1) is 77.2. The van der Waals surface area contributed by atoms with Crippen molar-refractivity contribution in [3.63, 3.8) is 0 Å². The molecule has 550 valence electrons. The number of amides is 5. The van der Waals surface area contributed by atoms with Crippen LogP contribution in [0.3, 0.4) is 0 Å². The number of aliphatic hydroxyl groups is 1. The molecule has 6 aliphatic rings. The van der Waals surface area contributed by atoms with Gasteiger partial charge in [-0.25, -0.2) is 0 Å². The van der Waals surface area contributed by atoms with Crippen LogP contribution in [-0.2, 0) is 109 Å². The minimum atomic E-state index is -0.262. The zero-order chi connectivity index (χ0) is 72.6. The molecule has 0 aliphatic carbocycles. The summed E-state index contributed by atoms with van der Waals surface area (Å²) in [5.74, 6) is 2.07. The highest BCUT2D eigenvalue weighted by Crippen LogP contribution is 2.44. The first-order valence-electron chi connectivity index (χ1n) is 35.2. The molecule has 8 aromatic carbocycles. The van der Waals surface area contributed by atoms with Crippen molar-refractivity contribution in [2.45, 2.75) is 181 Å². The zero-order valence-corrected chi connectivity index (χ0v) is 63.1. The van der Waals surface area contributed by atoms with Gasteiger partial charge in [-0.2, -0.15) is 0 Å². The van der Waals surface area contributed by atoms with Gasteiger partial charge in [-0.1, -0.05) is 120 Å². The normalized spacial score (nSPS) is 17.1. The van der Waals surface area contributed by atoms with Crippen LogP contribution in [-0.4, -0.2) is 88.1 Å². The van der Waals surface area contributed by atoms with Crippen molar-refractivity contribution in [3.8, 4) is 23.0 Å². The van der Waals surface area contributed by atoms with E-state index in [0.29, 0.717) is 77.5 Å². The number of ether oxygens (including phenoxy) is 4. The Morgan fingerprint density at radius 1 is 0.524 bits per heavy atom. The number of fused-ring (bicyclic) bond motifs is 12. The molecule has 8 aromatic rings. The number of para-hydroxylation sites is 3. The topological polar surface area (TPSA) is 189 Å². The molecule has 2 unspecified atom stereocenters. The van der Waals surface area contributed by atoms with Crippen molar-refractivity contribution in [2.24, 2.45) is 4.99 Å². The molecule has 5 atom stereocenters. The lowest BCUT2D eigenvalue weighted by Gasteiger charge is -2.24. The predicted octanol–water partition coefficient (Wildman–Crippen LogP) is 16.2. The number of carbonyl (C=O) groups is 5. The molecule has 0 aromatic heterocycles. The Balaban J connectivity index is 0.000000223. The Bertz CT molecular complexity index is 4780. The highest BCUT2D eigenvalue weighted by molar-refractivity contribution is 8.29. The minimum Gasteiger partial charge on any atom is -0.493 e. The quantitative estimate of drug-likeness (QED) is 0.0618. The maximum Gasteiger partial charge on any atom is 0.261 e. The van der Waals surface area contributed by atoms with Gasteiger partial charge >= 0.3 is 0 Å². The van der Waals surface area contributed by atoms with E-state index in [0.717, 1.165) is 117 Å². The summed E-state index contributed by atoms with van der Waals surface area (Å²) in [7, 11) is 1.09. The van der Waals surface area contributed by atoms with Crippen LogP contribution in [0.15, 0.2) is 151 Å². The number of rotatable bonds is 21. The largest absolute Gasteiger partial charge is 0.493 e. The van der Waals surface area contributed by atoms with E-state index >= 15 is 0 Å². The first-order chi connectivity index (χ1) is 49.4. The summed E-state index contributed by atoms with van der Waals surface area (Å²) >= 11 is 11.0. The van der Waals surface area contributed by atoms with Gasteiger partial charge < -0.3 is 44.5 Å². The molecule has 3 N–H and O–H groups in total. The fourth-order valence-electron chi connectivity index (χ4n) is 14.7. The van der Waals surface area contributed by atoms with E-state index in [1.54, 1.807) is 25.3 Å². The van der Waals surface area contributed by atoms with Crippen LogP contribution in [0, 0.1) is 13.8 Å². The van der Waals surface area contributed by atoms with Crippen molar-refractivity contribution >= 4 is 111 Å². The Labute approximate surface area is 632 Å². The monoisotopic (exact) mass is 1490 g/mol. The van der Waals surface area contributed by atoms with Gasteiger partial charge in [0, 0.05) is 92.7 Å². The summed E-state index contributed by atoms with van der Waals surface area (Å²) in [4.78, 5) is 78.3. The van der Waals surface area contributed by atoms with Gasteiger partial charge in [0.25, 0.3) is 17.7 Å². The number of hydrogen-bond acceptors (Lipinski definition) is 13. The number of nitrogens with one attached hydrogen (secondary N) is 2. The highest BCUT2D eigenvalue weighted by Gasteiger charge is 2.40. The number of nitrogens with zero attached hydrogens (tertiary/aromatic N) is 4. The van der Waals surface area contributed by atoms with Crippen LogP contribution in [0.4, 0.5) is 34.1 Å². The second-order valence-corrected chi connectivity index (χ2v) is 36.0. The molecule has 0 saturated carbocycles. The lowest BCUT2D eigenvalue weighted by Crippen LogP contribution is -2.37. The van der Waals surface area contributed by atoms with Crippen LogP contribution in [0.5, 0.6) is 23.0 Å². The standard InChI is InChI=1S/C50H50N4O6S2.C33H38N2O4S2.2CH4/c1-30-18-39-33(14-15-37-22-34-10-6-8-12-42(34)53(37)48(39)56)24-44(30)59-28-31-19-32(21-36(20-31)52-47(55)16-17-50(2,3)62(5)61)29-60-46-26-41-40(25-45(46)58-4)49(57)54-38(27-51-41)23-35-11-7-9-13-43(35)54;1-21-13-28-24(9-10-27-17-25-7-5-6-8-29(25)35(27)32(28)38)18-30(21)39-20-23-14-22(19-36)15-26(16-23)34-31(37)11-12-33(2,3)41(4)40;;/h6-13,18-21,24-27,37-38H,14-17,22-23,28-29H2,1-5H3,(H,52,55);5-8,13-16,18,27,36H,9-12,17,19-20H2,1-4H3,(H,34,37);2*1H4/t37-,38+,62?;27-,41?;;/m11../s1. The Hall–Kier alpha value is -8.92. The van der Waals surface area contributed by atoms with Gasteiger partial charge in [0.2, 0.25) is 11.8 Å². The SMILES string of the molecule is C.C.COc1cc2c(cc1OCc1cc(COc3cc4c(cc3C)C(=O)N3c5ccccc5C[C@H]3CC4)cc(NC(=O)CCC(C)(C)S(C)=S)c1)N=C[C@@H]1Cc3ccccc3N1C2=O.Cc1cc2c(cc1OCc1cc(CO)cc(NC(=O)CCC(C)(C)S(C)=S)c1)CC[C@@H]1Cc3ccccc3N1C2=O. The fourth-order valence-corrected chi connectivity index (χ4v) is 15.9. The Morgan fingerprint density at radius 2 is 0.933 bits per heavy atom. The number of anilines is 5. The molecule has 105 heavy (non-hydrogen) atoms. The number of aryl methyl sites for hydroxylation is 4. The first-order valence-corrected chi connectivity index (χ1v) is 40.3. The number of aliphatic hydroxyl groups excluding tert-OH is 1. The van der Waals surface area contributed by atoms with Gasteiger partial charge in [-0.3, -0.25) is 33.9 Å². The maximum absolute atomic E-state index is 14.0. The van der Waals surface area contributed by atoms with Crippen LogP contribution >= 0.6 is 0 Å². The van der Waals surface area contributed by atoms with Gasteiger partial charge in [-0.05, 0) is 224 Å². The Morgan fingerprint density at radius 3 is 1.38 bits per heavy atom. The van der Waals surface area contributed by atoms with E-state index in [1.807, 2.05) is 163 Å². The molecular formula is C85H96N6O10S4. The summed E-state index contributed by atoms with van der Waals surface area (Å²) < 4.78 is 24.8. The average molecular weight is 1490 g/mol. The van der Waals surface area contributed by atoms with Crippen molar-refractivity contribution < 1.29 is 48.0 Å². The molecule has 16 nitrogen and oxygen atoms in total. The van der Waals surface area contributed by atoms with Crippen LogP contribution < -0.4 is 44.3 Å². The van der Waals surface area contributed by atoms with Crippen LogP contribution in [0.2, 0.25) is 0 Å². The number of aliphatic imine (C=N–C) groups is 1. The fraction of sp³-hybridized carbons (Fsp3) is 0.365. The molecule has 5 amide bonds. The number of methoxy groups -OCH3 is 1. The van der Waals surface area contributed by atoms with Crippen molar-refractivity contribution in [1.29, 1.82) is 0 Å². The van der Waals surface area contributed by atoms with Crippen molar-refractivity contribution in [3.05, 3.63) is 223 Å². The molecule has 0 radical (unpaired) electrons. The smallest absolute Gasteiger partial charge is 0.261 e. The minimum absolute atomic E-state index is 0. The second kappa shape index (κ2) is 32.4. The number of hydrogen-bond donors (Lipinski definition) is 3. The number of carbonyl (C=O) groups excluding carboxylic acids is 5. The maximum atomic E-state index is 14.0. The van der Waals surface area contributed by atoms with Crippen molar-refractivity contribution in [1.82, 2.24) is 0 Å². The third kappa shape index (κ3) is 16.7. The van der Waals surface area contributed by atoms with E-state index in [1.165, 1.54) is 11.1 Å². The molecular weight excluding hydrogens is 1390 g/mol. The summed E-state index contributed by atoms with van der Waals surface area (Å²) in [6.45, 7) is 12.8. The third-order valence-electron chi connectivity index (χ3n) is 21.0. The summed E-state index contributed by atoms with van der Waals surface area (Å²) in [5.41, 5.74) is 17.1. The molecule has 6 aliphatic heterocycles. The molecule has 0 fully saturated rings. The van der Waals surface area contributed by atoms with Crippen LogP contribution in [0.25, 0.3) is 0 Å². The van der Waals surface area contributed by atoms with Crippen LogP contribution in [0.1, 0.15) is 173 Å². The molecule has 20 heteroatoms. The van der Waals surface area contributed by atoms with Gasteiger partial charge in [0.15, 0.2) is 11.5 Å². The van der Waals surface area contributed by atoms with Gasteiger partial charge in [0.05, 0.1) is 31.0 Å². The molecule has 0 saturated heterocycles. The lowest BCUT2D eigenvalue weighted by molar-refractivity contribution is -0.117. The molecule has 0 spiro atoms. The zero-order valence-electron chi connectivity index (χ0n) is 59.8. The predicted molar refractivity (Wildman–Crippen MR) is 433 cm³/mol. The van der Waals surface area contributed by atoms with E-state index < -0.39 is 0 Å². The summed E-state index contributed by atoms with van der Waals surface area (Å²) in [6.07, 6.45) is 13.8. The molecule has 6 heterocycles. The summed E-state index contributed by atoms with van der Waals surface area (Å²) in [6, 6.07) is 47.3. The number of benzene rings is 8. The third-order valence-corrected chi connectivity index (χ3v) is 27.2. The molecule has 0 bridgehead atoms. The van der Waals surface area contributed by atoms with Gasteiger partial charge in [0.1, 0.15) is 31.3 Å². The summed E-state index contributed by atoms with van der Waals surface area (Å²) in [5, 5.41) is 15.9. The highest BCUT2D eigenvalue weighted by atomic mass is 32.8. The second-order valence-electron chi connectivity index (χ2n) is 28.9. The molecule has 14 rings (SSSR count). The van der Waals surface area contributed by atoms with E-state index in [-0.39, 0.29) is 117 Å². The Kier molecular flexibility index (Phi) is 23.8. The van der Waals surface area contributed by atoms with Crippen molar-refractivity contribution in [2.75, 3.05) is 45.0 Å². The van der Waals surface area contributed by atoms with E-state index in [4.69, 9.17) is 46.3 Å². The average Bonchev–Trinajstić information content (AvgIpc) is 1.64. The van der Waals surface area contributed by atoms with Gasteiger partial charge in [-0.15, -0.1) is 18.9 Å².